The Hall–Kier alpha value is -1.73. The molecule has 0 saturated heterocycles. The average molecular weight is 328 g/mol. The molecule has 0 saturated carbocycles. The van der Waals surface area contributed by atoms with E-state index >= 15 is 0 Å². The van der Waals surface area contributed by atoms with Crippen LogP contribution in [0.25, 0.3) is 0 Å². The van der Waals surface area contributed by atoms with Crippen LogP contribution in [0.15, 0.2) is 34.8 Å². The topological polar surface area (TPSA) is 69.4 Å². The maximum atomic E-state index is 10.7. The number of carbonyl (C=O) groups is 1. The molecule has 0 fully saturated rings. The van der Waals surface area contributed by atoms with Crippen LogP contribution in [0.4, 0.5) is 5.69 Å². The number of hydrogen-bond acceptors (Lipinski definition) is 5. The molecule has 18 heavy (non-hydrogen) atoms. The Bertz CT molecular complexity index is 611. The normalized spacial score (nSPS) is 10.1. The molecule has 0 aliphatic rings. The van der Waals surface area contributed by atoms with E-state index in [0.717, 1.165) is 6.29 Å². The van der Waals surface area contributed by atoms with Gasteiger partial charge in [0.05, 0.1) is 20.3 Å². The second kappa shape index (κ2) is 5.28. The number of thiophene rings is 1. The van der Waals surface area contributed by atoms with Crippen molar-refractivity contribution in [3.05, 3.63) is 49.8 Å². The molecule has 0 spiro atoms. The summed E-state index contributed by atoms with van der Waals surface area (Å²) in [5, 5.41) is 11.2. The number of ether oxygens (including phenoxy) is 1. The average Bonchev–Trinajstić information content (AvgIpc) is 2.79. The number of carbonyl (C=O) groups excluding carboxylic acids is 1. The molecule has 0 amide bonds. The van der Waals surface area contributed by atoms with Gasteiger partial charge in [-0.05, 0) is 34.1 Å². The lowest BCUT2D eigenvalue weighted by atomic mass is 10.3. The van der Waals surface area contributed by atoms with Gasteiger partial charge >= 0.3 is 0 Å². The second-order valence-electron chi connectivity index (χ2n) is 3.25. The largest absolute Gasteiger partial charge is 0.445 e. The number of halogens is 1. The van der Waals surface area contributed by atoms with Gasteiger partial charge in [-0.15, -0.1) is 0 Å². The molecular weight excluding hydrogens is 322 g/mol. The molecule has 0 bridgehead atoms. The fraction of sp³-hybridized carbons (Fsp3) is 0. The van der Waals surface area contributed by atoms with E-state index in [2.05, 4.69) is 15.9 Å². The highest BCUT2D eigenvalue weighted by Gasteiger charge is 2.12. The van der Waals surface area contributed by atoms with Crippen LogP contribution in [0.2, 0.25) is 0 Å². The molecule has 2 rings (SSSR count). The molecule has 0 radical (unpaired) electrons. The van der Waals surface area contributed by atoms with Gasteiger partial charge in [0, 0.05) is 6.07 Å². The van der Waals surface area contributed by atoms with Gasteiger partial charge < -0.3 is 4.74 Å². The van der Waals surface area contributed by atoms with Crippen LogP contribution in [-0.2, 0) is 0 Å². The molecule has 1 aromatic heterocycles. The number of nitro groups is 1. The van der Waals surface area contributed by atoms with Crippen molar-refractivity contribution in [3.63, 3.8) is 0 Å². The minimum absolute atomic E-state index is 0.0552. The van der Waals surface area contributed by atoms with Crippen molar-refractivity contribution < 1.29 is 14.5 Å². The monoisotopic (exact) mass is 327 g/mol. The Kier molecular flexibility index (Phi) is 3.73. The lowest BCUT2D eigenvalue weighted by Gasteiger charge is -2.04. The summed E-state index contributed by atoms with van der Waals surface area (Å²) in [4.78, 5) is 21.2. The van der Waals surface area contributed by atoms with Crippen LogP contribution in [0.5, 0.6) is 10.8 Å². The smallest absolute Gasteiger partial charge is 0.273 e. The van der Waals surface area contributed by atoms with Crippen LogP contribution in [0, 0.1) is 10.1 Å². The standard InChI is InChI=1S/C11H6BrNO4S/c12-9-3-1-7(13(15)16)5-10(9)17-11-4-2-8(6-14)18-11/h1-6H. The van der Waals surface area contributed by atoms with E-state index in [-0.39, 0.29) is 5.69 Å². The Morgan fingerprint density at radius 3 is 2.72 bits per heavy atom. The number of benzene rings is 1. The van der Waals surface area contributed by atoms with E-state index in [4.69, 9.17) is 4.74 Å². The minimum atomic E-state index is -0.495. The van der Waals surface area contributed by atoms with E-state index in [1.165, 1.54) is 23.5 Å². The summed E-state index contributed by atoms with van der Waals surface area (Å²) in [7, 11) is 0. The number of nitrogens with zero attached hydrogens (tertiary/aromatic N) is 1. The number of nitro benzene ring substituents is 1. The first-order chi connectivity index (χ1) is 8.60. The number of aldehydes is 1. The molecule has 0 unspecified atom stereocenters. The van der Waals surface area contributed by atoms with Crippen molar-refractivity contribution in [2.24, 2.45) is 0 Å². The number of rotatable bonds is 4. The first-order valence-corrected chi connectivity index (χ1v) is 6.38. The molecule has 0 N–H and O–H groups in total. The quantitative estimate of drug-likeness (QED) is 0.483. The van der Waals surface area contributed by atoms with Gasteiger partial charge in [-0.3, -0.25) is 14.9 Å². The van der Waals surface area contributed by atoms with Crippen molar-refractivity contribution in [2.75, 3.05) is 0 Å². The predicted octanol–water partition coefficient (Wildman–Crippen LogP) is 4.02. The van der Waals surface area contributed by atoms with Crippen LogP contribution >= 0.6 is 27.3 Å². The molecule has 0 atom stereocenters. The van der Waals surface area contributed by atoms with Crippen LogP contribution in [-0.4, -0.2) is 11.2 Å². The molecule has 1 aromatic carbocycles. The lowest BCUT2D eigenvalue weighted by molar-refractivity contribution is -0.384. The van der Waals surface area contributed by atoms with Gasteiger partial charge in [0.1, 0.15) is 5.75 Å². The number of non-ortho nitro benzene ring substituents is 1. The third kappa shape index (κ3) is 2.74. The zero-order valence-electron chi connectivity index (χ0n) is 8.83. The van der Waals surface area contributed by atoms with E-state index in [9.17, 15) is 14.9 Å². The summed E-state index contributed by atoms with van der Waals surface area (Å²) < 4.78 is 6.10. The molecule has 1 heterocycles. The second-order valence-corrected chi connectivity index (χ2v) is 5.18. The van der Waals surface area contributed by atoms with Gasteiger partial charge in [0.2, 0.25) is 0 Å². The Morgan fingerprint density at radius 2 is 2.11 bits per heavy atom. The molecule has 0 aliphatic carbocycles. The van der Waals surface area contributed by atoms with Crippen molar-refractivity contribution in [1.29, 1.82) is 0 Å². The molecule has 5 nitrogen and oxygen atoms in total. The first-order valence-electron chi connectivity index (χ1n) is 4.77. The van der Waals surface area contributed by atoms with Gasteiger partial charge in [-0.1, -0.05) is 11.3 Å². The summed E-state index contributed by atoms with van der Waals surface area (Å²) in [5.41, 5.74) is -0.0552. The van der Waals surface area contributed by atoms with E-state index in [1.807, 2.05) is 0 Å². The fourth-order valence-electron chi connectivity index (χ4n) is 1.24. The van der Waals surface area contributed by atoms with Crippen molar-refractivity contribution in [2.45, 2.75) is 0 Å². The van der Waals surface area contributed by atoms with E-state index in [0.29, 0.717) is 20.2 Å². The van der Waals surface area contributed by atoms with E-state index < -0.39 is 4.92 Å². The highest BCUT2D eigenvalue weighted by atomic mass is 79.9. The van der Waals surface area contributed by atoms with Gasteiger partial charge in [-0.25, -0.2) is 0 Å². The summed E-state index contributed by atoms with van der Waals surface area (Å²) in [6.07, 6.45) is 0.722. The molecule has 2 aromatic rings. The van der Waals surface area contributed by atoms with Crippen molar-refractivity contribution in [3.8, 4) is 10.8 Å². The van der Waals surface area contributed by atoms with Crippen LogP contribution in [0.1, 0.15) is 9.67 Å². The Labute approximate surface area is 114 Å². The molecular formula is C11H6BrNO4S. The molecule has 92 valence electrons. The lowest BCUT2D eigenvalue weighted by Crippen LogP contribution is -1.89. The maximum Gasteiger partial charge on any atom is 0.273 e. The summed E-state index contributed by atoms with van der Waals surface area (Å²) in [5.74, 6) is 0.337. The van der Waals surface area contributed by atoms with Gasteiger partial charge in [0.15, 0.2) is 11.3 Å². The minimum Gasteiger partial charge on any atom is -0.445 e. The van der Waals surface area contributed by atoms with Gasteiger partial charge in [0.25, 0.3) is 5.69 Å². The third-order valence-corrected chi connectivity index (χ3v) is 3.60. The van der Waals surface area contributed by atoms with Crippen molar-refractivity contribution in [1.82, 2.24) is 0 Å². The molecule has 0 aliphatic heterocycles. The zero-order valence-corrected chi connectivity index (χ0v) is 11.2. The third-order valence-electron chi connectivity index (χ3n) is 2.05. The number of hydrogen-bond donors (Lipinski definition) is 0. The first kappa shape index (κ1) is 12.7. The van der Waals surface area contributed by atoms with Gasteiger partial charge in [-0.2, -0.15) is 0 Å². The summed E-state index contributed by atoms with van der Waals surface area (Å²) in [6.45, 7) is 0. The van der Waals surface area contributed by atoms with E-state index in [1.54, 1.807) is 18.2 Å². The van der Waals surface area contributed by atoms with Crippen LogP contribution in [0.3, 0.4) is 0 Å². The highest BCUT2D eigenvalue weighted by molar-refractivity contribution is 9.10. The van der Waals surface area contributed by atoms with Crippen molar-refractivity contribution >= 4 is 39.2 Å². The predicted molar refractivity (Wildman–Crippen MR) is 70.6 cm³/mol. The summed E-state index contributed by atoms with van der Waals surface area (Å²) >= 11 is 4.42. The summed E-state index contributed by atoms with van der Waals surface area (Å²) in [6, 6.07) is 7.51. The fourth-order valence-corrected chi connectivity index (χ4v) is 2.26. The van der Waals surface area contributed by atoms with Crippen LogP contribution < -0.4 is 4.74 Å². The highest BCUT2D eigenvalue weighted by Crippen LogP contribution is 2.35. The Morgan fingerprint density at radius 1 is 1.33 bits per heavy atom. The zero-order chi connectivity index (χ0) is 13.1. The maximum absolute atomic E-state index is 10.7. The SMILES string of the molecule is O=Cc1ccc(Oc2cc([N+](=O)[O-])ccc2Br)s1. The molecule has 7 heteroatoms. The Balaban J connectivity index is 2.30.